The van der Waals surface area contributed by atoms with Gasteiger partial charge in [0.2, 0.25) is 5.41 Å². The highest BCUT2D eigenvalue weighted by Crippen LogP contribution is 2.13. The van der Waals surface area contributed by atoms with E-state index in [1.807, 2.05) is 6.08 Å². The molecular formula is C11H22O4Si. The first kappa shape index (κ1) is 15.5. The number of unbranched alkanes of at least 4 members (excludes halogenated alkanes) is 3. The van der Waals surface area contributed by atoms with Crippen LogP contribution in [0.25, 0.3) is 0 Å². The van der Waals surface area contributed by atoms with Crippen molar-refractivity contribution in [2.24, 2.45) is 0 Å². The van der Waals surface area contributed by atoms with E-state index in [0.717, 1.165) is 25.7 Å². The van der Waals surface area contributed by atoms with Gasteiger partial charge in [-0.25, -0.2) is 0 Å². The summed E-state index contributed by atoms with van der Waals surface area (Å²) in [6.07, 6.45) is 6.27. The average molecular weight is 246 g/mol. The number of allylic oxidation sites excluding steroid dienone is 1. The molecule has 0 unspecified atom stereocenters. The Morgan fingerprint density at radius 2 is 1.69 bits per heavy atom. The zero-order chi connectivity index (χ0) is 12.4. The molecule has 0 N–H and O–H groups in total. The van der Waals surface area contributed by atoms with Gasteiger partial charge in [-0.3, -0.25) is 4.79 Å². The molecule has 0 amide bonds. The summed E-state index contributed by atoms with van der Waals surface area (Å²) in [6, 6.07) is 0. The third-order valence-electron chi connectivity index (χ3n) is 2.46. The number of carbonyl (C=O) groups excluding carboxylic acids is 1. The molecule has 0 aromatic carbocycles. The molecule has 0 radical (unpaired) electrons. The Balaban J connectivity index is 3.97. The third-order valence-corrected chi connectivity index (χ3v) is 5.01. The minimum Gasteiger partial charge on any atom is -0.372 e. The van der Waals surface area contributed by atoms with Gasteiger partial charge in [0.15, 0.2) is 0 Å². The Labute approximate surface area is 99.0 Å². The minimum absolute atomic E-state index is 0.0430. The van der Waals surface area contributed by atoms with Gasteiger partial charge in [0, 0.05) is 27.8 Å². The molecule has 0 atom stereocenters. The molecule has 0 heterocycles. The highest BCUT2D eigenvalue weighted by Gasteiger charge is 2.46. The van der Waals surface area contributed by atoms with Crippen molar-refractivity contribution in [2.75, 3.05) is 21.3 Å². The molecule has 0 rings (SSSR count). The van der Waals surface area contributed by atoms with Crippen LogP contribution in [0.3, 0.4) is 0 Å². The lowest BCUT2D eigenvalue weighted by Crippen LogP contribution is -2.51. The summed E-state index contributed by atoms with van der Waals surface area (Å²) in [4.78, 5) is 11.9. The topological polar surface area (TPSA) is 44.8 Å². The number of carbonyl (C=O) groups is 1. The maximum Gasteiger partial charge on any atom is 0.573 e. The maximum atomic E-state index is 11.9. The van der Waals surface area contributed by atoms with Crippen LogP contribution in [0.1, 0.15) is 32.1 Å². The van der Waals surface area contributed by atoms with E-state index in [4.69, 9.17) is 13.3 Å². The van der Waals surface area contributed by atoms with Crippen LogP contribution in [-0.2, 0) is 18.1 Å². The van der Waals surface area contributed by atoms with E-state index in [-0.39, 0.29) is 5.41 Å². The van der Waals surface area contributed by atoms with Crippen LogP contribution in [-0.4, -0.2) is 35.5 Å². The maximum absolute atomic E-state index is 11.9. The molecule has 0 aliphatic carbocycles. The van der Waals surface area contributed by atoms with Crippen LogP contribution in [0.4, 0.5) is 0 Å². The van der Waals surface area contributed by atoms with Gasteiger partial charge in [0.1, 0.15) is 0 Å². The van der Waals surface area contributed by atoms with Gasteiger partial charge in [0.25, 0.3) is 0 Å². The van der Waals surface area contributed by atoms with Crippen LogP contribution in [0.15, 0.2) is 12.7 Å². The molecule has 0 fully saturated rings. The Kier molecular flexibility index (Phi) is 8.37. The highest BCUT2D eigenvalue weighted by atomic mass is 28.4. The zero-order valence-electron chi connectivity index (χ0n) is 10.5. The summed E-state index contributed by atoms with van der Waals surface area (Å²) < 4.78 is 15.3. The van der Waals surface area contributed by atoms with Crippen LogP contribution in [0.5, 0.6) is 0 Å². The molecule has 0 aromatic rings. The summed E-state index contributed by atoms with van der Waals surface area (Å²) in [5, 5.41) is -0.0430. The fraction of sp³-hybridized carbons (Fsp3) is 0.727. The van der Waals surface area contributed by atoms with Gasteiger partial charge >= 0.3 is 8.80 Å². The molecule has 0 bridgehead atoms. The fourth-order valence-electron chi connectivity index (χ4n) is 1.50. The first-order valence-corrected chi connectivity index (χ1v) is 7.19. The second kappa shape index (κ2) is 8.64. The first-order valence-electron chi connectivity index (χ1n) is 5.46. The fourth-order valence-corrected chi connectivity index (χ4v) is 3.16. The third kappa shape index (κ3) is 4.57. The monoisotopic (exact) mass is 246 g/mol. The first-order chi connectivity index (χ1) is 7.66. The van der Waals surface area contributed by atoms with Crippen LogP contribution >= 0.6 is 0 Å². The van der Waals surface area contributed by atoms with Gasteiger partial charge in [-0.1, -0.05) is 12.5 Å². The molecule has 0 spiro atoms. The molecule has 16 heavy (non-hydrogen) atoms. The lowest BCUT2D eigenvalue weighted by molar-refractivity contribution is -0.118. The largest absolute Gasteiger partial charge is 0.573 e. The average Bonchev–Trinajstić information content (AvgIpc) is 2.32. The van der Waals surface area contributed by atoms with Gasteiger partial charge in [0.05, 0.1) is 0 Å². The van der Waals surface area contributed by atoms with Crippen molar-refractivity contribution in [1.82, 2.24) is 0 Å². The van der Waals surface area contributed by atoms with E-state index in [9.17, 15) is 4.79 Å². The summed E-state index contributed by atoms with van der Waals surface area (Å²) in [5.41, 5.74) is 0. The van der Waals surface area contributed by atoms with Crippen molar-refractivity contribution in [3.8, 4) is 0 Å². The summed E-state index contributed by atoms with van der Waals surface area (Å²) in [7, 11) is 1.31. The smallest absolute Gasteiger partial charge is 0.372 e. The molecule has 0 aromatic heterocycles. The zero-order valence-corrected chi connectivity index (χ0v) is 11.5. The van der Waals surface area contributed by atoms with Crippen molar-refractivity contribution in [3.63, 3.8) is 0 Å². The second-order valence-corrected chi connectivity index (χ2v) is 6.37. The Morgan fingerprint density at radius 1 is 1.12 bits per heavy atom. The van der Waals surface area contributed by atoms with E-state index in [2.05, 4.69) is 6.58 Å². The van der Waals surface area contributed by atoms with E-state index < -0.39 is 8.80 Å². The molecule has 0 aliphatic rings. The molecular weight excluding hydrogens is 224 g/mol. The Morgan fingerprint density at radius 3 is 2.12 bits per heavy atom. The predicted octanol–water partition coefficient (Wildman–Crippen LogP) is 2.11. The van der Waals surface area contributed by atoms with Crippen LogP contribution < -0.4 is 0 Å². The number of hydrogen-bond donors (Lipinski definition) is 0. The molecule has 4 nitrogen and oxygen atoms in total. The molecule has 0 saturated carbocycles. The van der Waals surface area contributed by atoms with Gasteiger partial charge in [-0.2, -0.15) is 0 Å². The molecule has 0 aliphatic heterocycles. The van der Waals surface area contributed by atoms with E-state index >= 15 is 0 Å². The molecule has 94 valence electrons. The van der Waals surface area contributed by atoms with Crippen molar-refractivity contribution in [2.45, 2.75) is 32.1 Å². The lowest BCUT2D eigenvalue weighted by atomic mass is 10.1. The van der Waals surface area contributed by atoms with E-state index in [1.165, 1.54) is 21.3 Å². The Hall–Kier alpha value is -0.493. The number of rotatable bonds is 10. The normalized spacial score (nSPS) is 11.4. The van der Waals surface area contributed by atoms with Crippen LogP contribution in [0, 0.1) is 0 Å². The van der Waals surface area contributed by atoms with Crippen LogP contribution in [0.2, 0.25) is 0 Å². The Bertz CT molecular complexity index is 206. The van der Waals surface area contributed by atoms with E-state index in [1.54, 1.807) is 0 Å². The SMILES string of the molecule is C=CCCCCCC(=O)[Si](OC)(OC)OC. The van der Waals surface area contributed by atoms with Gasteiger partial charge in [-0.05, 0) is 19.3 Å². The second-order valence-electron chi connectivity index (χ2n) is 3.48. The van der Waals surface area contributed by atoms with Crippen molar-refractivity contribution in [1.29, 1.82) is 0 Å². The van der Waals surface area contributed by atoms with Crippen molar-refractivity contribution < 1.29 is 18.1 Å². The highest BCUT2D eigenvalue weighted by molar-refractivity contribution is 6.92. The summed E-state index contributed by atoms with van der Waals surface area (Å²) in [6.45, 7) is 3.65. The molecule has 0 saturated heterocycles. The lowest BCUT2D eigenvalue weighted by Gasteiger charge is -2.22. The van der Waals surface area contributed by atoms with E-state index in [0.29, 0.717) is 6.42 Å². The molecule has 5 heteroatoms. The summed E-state index contributed by atoms with van der Waals surface area (Å²) >= 11 is 0. The van der Waals surface area contributed by atoms with Crippen molar-refractivity contribution in [3.05, 3.63) is 12.7 Å². The quantitative estimate of drug-likeness (QED) is 0.336. The predicted molar refractivity (Wildman–Crippen MR) is 65.1 cm³/mol. The standard InChI is InChI=1S/C11H22O4Si/c1-5-6-7-8-9-10-11(12)16(13-2,14-3)15-4/h5H,1,6-10H2,2-4H3. The minimum atomic E-state index is -3.05. The summed E-state index contributed by atoms with van der Waals surface area (Å²) in [5.74, 6) is 0. The number of hydrogen-bond acceptors (Lipinski definition) is 4. The van der Waals surface area contributed by atoms with Crippen molar-refractivity contribution >= 4 is 14.2 Å². The van der Waals surface area contributed by atoms with Gasteiger partial charge in [-0.15, -0.1) is 6.58 Å². The van der Waals surface area contributed by atoms with Gasteiger partial charge < -0.3 is 13.3 Å².